The van der Waals surface area contributed by atoms with Gasteiger partial charge in [0.25, 0.3) is 5.91 Å². The summed E-state index contributed by atoms with van der Waals surface area (Å²) in [6, 6.07) is 9.36. The number of benzene rings is 1. The Morgan fingerprint density at radius 3 is 2.68 bits per heavy atom. The minimum Gasteiger partial charge on any atom is -0.424 e. The van der Waals surface area contributed by atoms with Crippen molar-refractivity contribution in [2.45, 2.75) is 13.5 Å². The van der Waals surface area contributed by atoms with E-state index in [1.165, 1.54) is 11.1 Å². The van der Waals surface area contributed by atoms with Gasteiger partial charge in [0.2, 0.25) is 11.8 Å². The number of hydrogen-bond acceptors (Lipinski definition) is 6. The Balaban J connectivity index is 1.82. The molecule has 0 fully saturated rings. The van der Waals surface area contributed by atoms with Crippen LogP contribution in [0.2, 0.25) is 0 Å². The fraction of sp³-hybridized carbons (Fsp3) is 0.200. The minimum absolute atomic E-state index is 0.221. The monoisotopic (exact) mass is 298 g/mol. The molecule has 22 heavy (non-hydrogen) atoms. The average molecular weight is 298 g/mol. The molecule has 0 aliphatic heterocycles. The van der Waals surface area contributed by atoms with E-state index in [0.29, 0.717) is 23.1 Å². The lowest BCUT2D eigenvalue weighted by Gasteiger charge is -2.14. The molecule has 1 amide bonds. The van der Waals surface area contributed by atoms with E-state index >= 15 is 0 Å². The summed E-state index contributed by atoms with van der Waals surface area (Å²) in [6.07, 6.45) is 1.42. The molecule has 0 unspecified atom stereocenters. The molecule has 1 aromatic carbocycles. The van der Waals surface area contributed by atoms with Gasteiger partial charge in [-0.1, -0.05) is 35.5 Å². The quantitative estimate of drug-likeness (QED) is 0.734. The maximum atomic E-state index is 12.5. The summed E-state index contributed by atoms with van der Waals surface area (Å²) < 4.78 is 10.5. The third-order valence-corrected chi connectivity index (χ3v) is 3.12. The van der Waals surface area contributed by atoms with E-state index < -0.39 is 0 Å². The first-order chi connectivity index (χ1) is 10.6. The zero-order chi connectivity index (χ0) is 15.5. The molecule has 0 bridgehead atoms. The van der Waals surface area contributed by atoms with E-state index in [9.17, 15) is 4.79 Å². The molecule has 2 heterocycles. The summed E-state index contributed by atoms with van der Waals surface area (Å²) in [6.45, 7) is 1.92. The summed E-state index contributed by atoms with van der Waals surface area (Å²) >= 11 is 0. The molecule has 3 aromatic rings. The van der Waals surface area contributed by atoms with Crippen LogP contribution in [0.1, 0.15) is 22.1 Å². The molecule has 0 N–H and O–H groups in total. The summed E-state index contributed by atoms with van der Waals surface area (Å²) in [5, 5.41) is 11.4. The molecule has 0 aliphatic carbocycles. The van der Waals surface area contributed by atoms with Gasteiger partial charge in [-0.2, -0.15) is 0 Å². The van der Waals surface area contributed by atoms with E-state index in [1.807, 2.05) is 30.3 Å². The maximum Gasteiger partial charge on any atom is 0.259 e. The van der Waals surface area contributed by atoms with Crippen LogP contribution in [0.3, 0.4) is 0 Å². The van der Waals surface area contributed by atoms with Crippen LogP contribution in [0.4, 0.5) is 0 Å². The first kappa shape index (κ1) is 14.0. The van der Waals surface area contributed by atoms with Crippen molar-refractivity contribution < 1.29 is 13.7 Å². The standard InChI is InChI=1S/C15H14N4O3/c1-10-17-18-13(21-10)9-19(2)15(20)12-8-16-22-14(12)11-6-4-3-5-7-11/h3-8H,9H2,1-2H3. The Morgan fingerprint density at radius 1 is 1.23 bits per heavy atom. The van der Waals surface area contributed by atoms with Gasteiger partial charge in [0, 0.05) is 19.5 Å². The second-order valence-corrected chi connectivity index (χ2v) is 4.81. The molecular weight excluding hydrogens is 284 g/mol. The highest BCUT2D eigenvalue weighted by molar-refractivity contribution is 5.99. The zero-order valence-electron chi connectivity index (χ0n) is 12.2. The molecule has 0 saturated carbocycles. The zero-order valence-corrected chi connectivity index (χ0v) is 12.2. The van der Waals surface area contributed by atoms with Crippen LogP contribution in [0.5, 0.6) is 0 Å². The van der Waals surface area contributed by atoms with Gasteiger partial charge in [0.15, 0.2) is 5.76 Å². The molecule has 0 atom stereocenters. The predicted octanol–water partition coefficient (Wildman–Crippen LogP) is 2.31. The Morgan fingerprint density at radius 2 is 2.00 bits per heavy atom. The van der Waals surface area contributed by atoms with Crippen molar-refractivity contribution in [1.29, 1.82) is 0 Å². The second kappa shape index (κ2) is 5.80. The summed E-state index contributed by atoms with van der Waals surface area (Å²) in [4.78, 5) is 14.0. The summed E-state index contributed by atoms with van der Waals surface area (Å²) in [5.41, 5.74) is 1.19. The predicted molar refractivity (Wildman–Crippen MR) is 76.8 cm³/mol. The maximum absolute atomic E-state index is 12.5. The highest BCUT2D eigenvalue weighted by Crippen LogP contribution is 2.24. The number of amides is 1. The number of nitrogens with zero attached hydrogens (tertiary/aromatic N) is 4. The Kier molecular flexibility index (Phi) is 3.69. The van der Waals surface area contributed by atoms with Gasteiger partial charge < -0.3 is 13.8 Å². The van der Waals surface area contributed by atoms with Crippen LogP contribution < -0.4 is 0 Å². The van der Waals surface area contributed by atoms with Crippen molar-refractivity contribution in [3.8, 4) is 11.3 Å². The molecule has 0 spiro atoms. The number of rotatable bonds is 4. The molecule has 3 rings (SSSR count). The van der Waals surface area contributed by atoms with Gasteiger partial charge in [-0.25, -0.2) is 0 Å². The first-order valence-electron chi connectivity index (χ1n) is 6.69. The third-order valence-electron chi connectivity index (χ3n) is 3.12. The first-order valence-corrected chi connectivity index (χ1v) is 6.69. The SMILES string of the molecule is Cc1nnc(CN(C)C(=O)c2cnoc2-c2ccccc2)o1. The highest BCUT2D eigenvalue weighted by atomic mass is 16.5. The van der Waals surface area contributed by atoms with Crippen LogP contribution in [0.25, 0.3) is 11.3 Å². The number of aryl methyl sites for hydroxylation is 1. The number of carbonyl (C=O) groups is 1. The van der Waals surface area contributed by atoms with E-state index in [4.69, 9.17) is 8.94 Å². The Labute approximate surface area is 126 Å². The molecule has 112 valence electrons. The van der Waals surface area contributed by atoms with Gasteiger partial charge in [-0.15, -0.1) is 10.2 Å². The highest BCUT2D eigenvalue weighted by Gasteiger charge is 2.22. The van der Waals surface area contributed by atoms with Crippen LogP contribution in [0.15, 0.2) is 45.5 Å². The summed E-state index contributed by atoms with van der Waals surface area (Å²) in [7, 11) is 1.66. The number of aromatic nitrogens is 3. The van der Waals surface area contributed by atoms with E-state index in [0.717, 1.165) is 5.56 Å². The van der Waals surface area contributed by atoms with Gasteiger partial charge >= 0.3 is 0 Å². The van der Waals surface area contributed by atoms with Gasteiger partial charge in [0.05, 0.1) is 12.7 Å². The summed E-state index contributed by atoms with van der Waals surface area (Å²) in [5.74, 6) is 1.06. The van der Waals surface area contributed by atoms with Gasteiger partial charge in [0.1, 0.15) is 5.56 Å². The molecule has 7 heteroatoms. The fourth-order valence-electron chi connectivity index (χ4n) is 2.07. The van der Waals surface area contributed by atoms with E-state index in [1.54, 1.807) is 14.0 Å². The van der Waals surface area contributed by atoms with Crippen molar-refractivity contribution in [1.82, 2.24) is 20.3 Å². The average Bonchev–Trinajstić information content (AvgIpc) is 3.16. The van der Waals surface area contributed by atoms with Gasteiger partial charge in [-0.05, 0) is 0 Å². The smallest absolute Gasteiger partial charge is 0.259 e. The lowest BCUT2D eigenvalue weighted by molar-refractivity contribution is 0.0772. The van der Waals surface area contributed by atoms with Crippen molar-refractivity contribution in [2.75, 3.05) is 7.05 Å². The van der Waals surface area contributed by atoms with Crippen LogP contribution in [-0.2, 0) is 6.54 Å². The van der Waals surface area contributed by atoms with Crippen LogP contribution in [0, 0.1) is 6.92 Å². The molecule has 0 saturated heterocycles. The Bertz CT molecular complexity index is 779. The van der Waals surface area contributed by atoms with Crippen molar-refractivity contribution in [3.63, 3.8) is 0 Å². The van der Waals surface area contributed by atoms with Crippen molar-refractivity contribution in [2.24, 2.45) is 0 Å². The normalized spacial score (nSPS) is 10.6. The topological polar surface area (TPSA) is 85.3 Å². The molecule has 0 radical (unpaired) electrons. The fourth-order valence-corrected chi connectivity index (χ4v) is 2.07. The number of carbonyl (C=O) groups excluding carboxylic acids is 1. The molecule has 2 aromatic heterocycles. The van der Waals surface area contributed by atoms with E-state index in [2.05, 4.69) is 15.4 Å². The molecular formula is C15H14N4O3. The van der Waals surface area contributed by atoms with Crippen molar-refractivity contribution in [3.05, 3.63) is 53.9 Å². The van der Waals surface area contributed by atoms with Crippen molar-refractivity contribution >= 4 is 5.91 Å². The molecule has 7 nitrogen and oxygen atoms in total. The number of hydrogen-bond donors (Lipinski definition) is 0. The minimum atomic E-state index is -0.226. The lowest BCUT2D eigenvalue weighted by Crippen LogP contribution is -2.26. The third kappa shape index (κ3) is 2.73. The van der Waals surface area contributed by atoms with E-state index in [-0.39, 0.29) is 12.5 Å². The van der Waals surface area contributed by atoms with Crippen LogP contribution >= 0.6 is 0 Å². The Hall–Kier alpha value is -2.96. The second-order valence-electron chi connectivity index (χ2n) is 4.81. The molecule has 0 aliphatic rings. The van der Waals surface area contributed by atoms with Gasteiger partial charge in [-0.3, -0.25) is 4.79 Å². The van der Waals surface area contributed by atoms with Crippen LogP contribution in [-0.4, -0.2) is 33.2 Å². The largest absolute Gasteiger partial charge is 0.424 e. The lowest BCUT2D eigenvalue weighted by atomic mass is 10.1.